The largest absolute Gasteiger partial charge is 0.480 e. The number of carbonyl (C=O) groups excluding carboxylic acids is 1. The van der Waals surface area contributed by atoms with E-state index in [1.165, 1.54) is 6.42 Å². The minimum absolute atomic E-state index is 0.230. The summed E-state index contributed by atoms with van der Waals surface area (Å²) in [4.78, 5) is 22.4. The molecule has 0 aromatic carbocycles. The van der Waals surface area contributed by atoms with Crippen LogP contribution in [0.25, 0.3) is 0 Å². The van der Waals surface area contributed by atoms with E-state index in [1.807, 2.05) is 0 Å². The second-order valence-electron chi connectivity index (χ2n) is 5.05. The Labute approximate surface area is 106 Å². The van der Waals surface area contributed by atoms with Crippen molar-refractivity contribution in [1.29, 1.82) is 0 Å². The Kier molecular flexibility index (Phi) is 4.06. The van der Waals surface area contributed by atoms with Crippen LogP contribution in [0.2, 0.25) is 0 Å². The summed E-state index contributed by atoms with van der Waals surface area (Å²) in [6.45, 7) is 1.32. The predicted molar refractivity (Wildman–Crippen MR) is 64.3 cm³/mol. The fourth-order valence-corrected chi connectivity index (χ4v) is 2.16. The van der Waals surface area contributed by atoms with Gasteiger partial charge in [0.25, 0.3) is 0 Å². The van der Waals surface area contributed by atoms with Gasteiger partial charge in [-0.2, -0.15) is 0 Å². The zero-order valence-electron chi connectivity index (χ0n) is 10.4. The molecule has 1 atom stereocenters. The number of rotatable bonds is 5. The van der Waals surface area contributed by atoms with Crippen molar-refractivity contribution in [3.63, 3.8) is 0 Å². The third-order valence-corrected chi connectivity index (χ3v) is 3.54. The number of amides is 2. The number of carboxylic acid groups (broad SMARTS) is 1. The van der Waals surface area contributed by atoms with Gasteiger partial charge >= 0.3 is 12.0 Å². The summed E-state index contributed by atoms with van der Waals surface area (Å²) >= 11 is 0. The van der Waals surface area contributed by atoms with E-state index in [-0.39, 0.29) is 6.10 Å². The van der Waals surface area contributed by atoms with Crippen molar-refractivity contribution in [3.05, 3.63) is 0 Å². The minimum atomic E-state index is -1.01. The van der Waals surface area contributed by atoms with E-state index >= 15 is 0 Å². The lowest BCUT2D eigenvalue weighted by Gasteiger charge is -2.22. The van der Waals surface area contributed by atoms with Crippen LogP contribution in [0, 0.1) is 0 Å². The van der Waals surface area contributed by atoms with Gasteiger partial charge in [-0.3, -0.25) is 0 Å². The zero-order chi connectivity index (χ0) is 13.0. The first-order valence-electron chi connectivity index (χ1n) is 6.53. The van der Waals surface area contributed by atoms with Gasteiger partial charge in [0, 0.05) is 13.2 Å². The Morgan fingerprint density at radius 2 is 2.11 bits per heavy atom. The lowest BCUT2D eigenvalue weighted by atomic mass is 10.1. The molecule has 2 aliphatic rings. The second-order valence-corrected chi connectivity index (χ2v) is 5.05. The van der Waals surface area contributed by atoms with Crippen LogP contribution in [0.4, 0.5) is 4.79 Å². The van der Waals surface area contributed by atoms with Gasteiger partial charge in [0.15, 0.2) is 0 Å². The molecule has 0 aromatic heterocycles. The highest BCUT2D eigenvalue weighted by Gasteiger charge is 2.51. The number of carboxylic acids is 1. The van der Waals surface area contributed by atoms with E-state index in [9.17, 15) is 9.59 Å². The summed E-state index contributed by atoms with van der Waals surface area (Å²) < 4.78 is 5.55. The van der Waals surface area contributed by atoms with Crippen molar-refractivity contribution in [3.8, 4) is 0 Å². The van der Waals surface area contributed by atoms with Crippen molar-refractivity contribution in [2.45, 2.75) is 50.2 Å². The smallest absolute Gasteiger partial charge is 0.329 e. The van der Waals surface area contributed by atoms with Crippen LogP contribution in [0.3, 0.4) is 0 Å². The number of carbonyl (C=O) groups is 2. The van der Waals surface area contributed by atoms with Crippen LogP contribution >= 0.6 is 0 Å². The number of ether oxygens (including phenoxy) is 1. The first-order valence-corrected chi connectivity index (χ1v) is 6.53. The van der Waals surface area contributed by atoms with Crippen molar-refractivity contribution in [1.82, 2.24) is 10.6 Å². The molecule has 6 nitrogen and oxygen atoms in total. The van der Waals surface area contributed by atoms with Gasteiger partial charge in [0.2, 0.25) is 0 Å². The Morgan fingerprint density at radius 3 is 2.67 bits per heavy atom. The maximum atomic E-state index is 11.5. The van der Waals surface area contributed by atoms with Crippen molar-refractivity contribution in [2.75, 3.05) is 13.2 Å². The van der Waals surface area contributed by atoms with Crippen LogP contribution in [0.1, 0.15) is 38.5 Å². The van der Waals surface area contributed by atoms with Crippen LogP contribution in [0.5, 0.6) is 0 Å². The van der Waals surface area contributed by atoms with Gasteiger partial charge in [-0.25, -0.2) is 9.59 Å². The van der Waals surface area contributed by atoms with Gasteiger partial charge < -0.3 is 20.5 Å². The van der Waals surface area contributed by atoms with E-state index < -0.39 is 17.5 Å². The van der Waals surface area contributed by atoms with Gasteiger partial charge in [0.1, 0.15) is 5.54 Å². The molecule has 0 aromatic rings. The zero-order valence-corrected chi connectivity index (χ0v) is 10.4. The van der Waals surface area contributed by atoms with E-state index in [0.29, 0.717) is 19.4 Å². The number of urea groups is 1. The Hall–Kier alpha value is -1.30. The lowest BCUT2D eigenvalue weighted by Crippen LogP contribution is -2.48. The molecule has 1 heterocycles. The van der Waals surface area contributed by atoms with Crippen molar-refractivity contribution in [2.24, 2.45) is 0 Å². The molecule has 18 heavy (non-hydrogen) atoms. The third kappa shape index (κ3) is 3.35. The molecule has 1 aliphatic carbocycles. The van der Waals surface area contributed by atoms with E-state index in [1.54, 1.807) is 0 Å². The molecule has 1 unspecified atom stereocenters. The highest BCUT2D eigenvalue weighted by atomic mass is 16.5. The van der Waals surface area contributed by atoms with Gasteiger partial charge in [-0.1, -0.05) is 0 Å². The predicted octanol–water partition coefficient (Wildman–Crippen LogP) is 0.862. The lowest BCUT2D eigenvalue weighted by molar-refractivity contribution is -0.140. The second kappa shape index (κ2) is 5.56. The normalized spacial score (nSPS) is 25.2. The molecule has 102 valence electrons. The molecule has 0 spiro atoms. The van der Waals surface area contributed by atoms with E-state index in [2.05, 4.69) is 10.6 Å². The van der Waals surface area contributed by atoms with Crippen molar-refractivity contribution < 1.29 is 19.4 Å². The average Bonchev–Trinajstić information content (AvgIpc) is 3.11. The fourth-order valence-electron chi connectivity index (χ4n) is 2.16. The minimum Gasteiger partial charge on any atom is -0.480 e. The molecular weight excluding hydrogens is 236 g/mol. The molecule has 2 fully saturated rings. The monoisotopic (exact) mass is 256 g/mol. The maximum absolute atomic E-state index is 11.5. The first kappa shape index (κ1) is 13.1. The summed E-state index contributed by atoms with van der Waals surface area (Å²) in [5.41, 5.74) is -1.01. The van der Waals surface area contributed by atoms with Crippen molar-refractivity contribution >= 4 is 12.0 Å². The number of aliphatic carboxylic acids is 1. The van der Waals surface area contributed by atoms with Gasteiger partial charge in [-0.05, 0) is 38.5 Å². The summed E-state index contributed by atoms with van der Waals surface area (Å²) in [6.07, 6.45) is 5.39. The van der Waals surface area contributed by atoms with Crippen LogP contribution < -0.4 is 10.6 Å². The molecule has 2 rings (SSSR count). The molecular formula is C12H20N2O4. The molecule has 1 aliphatic heterocycles. The van der Waals surface area contributed by atoms with Gasteiger partial charge in [0.05, 0.1) is 6.10 Å². The number of hydrogen-bond donors (Lipinski definition) is 3. The molecule has 0 bridgehead atoms. The number of nitrogens with one attached hydrogen (secondary N) is 2. The van der Waals surface area contributed by atoms with Crippen LogP contribution in [0.15, 0.2) is 0 Å². The van der Waals surface area contributed by atoms with Crippen LogP contribution in [-0.2, 0) is 9.53 Å². The summed E-state index contributed by atoms with van der Waals surface area (Å²) in [5.74, 6) is -0.951. The summed E-state index contributed by atoms with van der Waals surface area (Å²) in [5, 5.41) is 14.1. The molecule has 1 saturated heterocycles. The third-order valence-electron chi connectivity index (χ3n) is 3.54. The Morgan fingerprint density at radius 1 is 1.33 bits per heavy atom. The standard InChI is InChI=1S/C12H20N2O4/c15-10(16)12(5-6-12)14-11(17)13-7-4-9-3-1-2-8-18-9/h9H,1-8H2,(H,15,16)(H2,13,14,17). The Balaban J connectivity index is 1.61. The van der Waals surface area contributed by atoms with Gasteiger partial charge in [-0.15, -0.1) is 0 Å². The SMILES string of the molecule is O=C(NCCC1CCCCO1)NC1(C(=O)O)CC1. The highest BCUT2D eigenvalue weighted by molar-refractivity contribution is 5.88. The van der Waals surface area contributed by atoms with Crippen LogP contribution in [-0.4, -0.2) is 41.9 Å². The van der Waals surface area contributed by atoms with E-state index in [0.717, 1.165) is 25.9 Å². The average molecular weight is 256 g/mol. The Bertz CT molecular complexity index is 322. The number of hydrogen-bond acceptors (Lipinski definition) is 3. The molecule has 6 heteroatoms. The topological polar surface area (TPSA) is 87.7 Å². The highest BCUT2D eigenvalue weighted by Crippen LogP contribution is 2.35. The summed E-state index contributed by atoms with van der Waals surface area (Å²) in [6, 6.07) is -0.397. The summed E-state index contributed by atoms with van der Waals surface area (Å²) in [7, 11) is 0. The molecule has 0 radical (unpaired) electrons. The van der Waals surface area contributed by atoms with E-state index in [4.69, 9.17) is 9.84 Å². The quantitative estimate of drug-likeness (QED) is 0.681. The molecule has 1 saturated carbocycles. The maximum Gasteiger partial charge on any atom is 0.329 e. The molecule has 3 N–H and O–H groups in total. The molecule has 2 amide bonds. The fraction of sp³-hybridized carbons (Fsp3) is 0.833. The first-order chi connectivity index (χ1) is 8.62.